The van der Waals surface area contributed by atoms with Gasteiger partial charge < -0.3 is 20.2 Å². The number of carbonyl (C=O) groups is 2. The molecule has 0 aliphatic heterocycles. The van der Waals surface area contributed by atoms with E-state index in [2.05, 4.69) is 17.6 Å². The van der Waals surface area contributed by atoms with Gasteiger partial charge in [-0.1, -0.05) is 19.8 Å². The molecule has 24 heavy (non-hydrogen) atoms. The molecule has 0 aliphatic carbocycles. The Hall–Kier alpha value is -2.59. The molecular weight excluding hydrogens is 553 g/mol. The fraction of sp³-hybridized carbons (Fsp3) is 0.824. The van der Waals surface area contributed by atoms with Gasteiger partial charge in [-0.2, -0.15) is 6.41 Å². The molecule has 1 unspecified atom stereocenters. The zero-order valence-electron chi connectivity index (χ0n) is 15.2. The average Bonchev–Trinajstić information content (AvgIpc) is 2.44. The Balaban J connectivity index is 0. The first-order valence-electron chi connectivity index (χ1n) is 8.42. The van der Waals surface area contributed by atoms with Crippen molar-refractivity contribution in [2.45, 2.75) is 84.3 Å². The van der Waals surface area contributed by atoms with Gasteiger partial charge in [-0.3, -0.25) is 4.79 Å². The summed E-state index contributed by atoms with van der Waals surface area (Å²) in [6.45, 7) is 8.02. The number of carbonyl (C=O) groups excluding carboxylic acids is 3. The van der Waals surface area contributed by atoms with Crippen LogP contribution in [-0.4, -0.2) is 36.5 Å². The van der Waals surface area contributed by atoms with Crippen LogP contribution in [0.3, 0.4) is 0 Å². The molecule has 0 aromatic heterocycles. The third kappa shape index (κ3) is 13.1. The molecule has 0 bridgehead atoms. The molecule has 146 valence electrons. The van der Waals surface area contributed by atoms with E-state index in [-0.39, 0.29) is 5.91 Å². The minimum Gasteiger partial charge on any atom is -0.520 e. The Kier molecular flexibility index (Phi) is 12.7. The molecule has 7 heteroatoms. The predicted octanol–water partition coefficient (Wildman–Crippen LogP) is 2.22. The summed E-state index contributed by atoms with van der Waals surface area (Å²) in [6.07, 6.45) is 7.12. The van der Waals surface area contributed by atoms with Crippen LogP contribution in [0.2, 0.25) is 0 Å². The fourth-order valence-corrected chi connectivity index (χ4v) is 2.02. The van der Waals surface area contributed by atoms with Gasteiger partial charge in [0.2, 0.25) is 5.91 Å². The van der Waals surface area contributed by atoms with Gasteiger partial charge in [-0.15, -0.1) is 0 Å². The number of ether oxygens (including phenoxy) is 1. The zero-order valence-corrected chi connectivity index (χ0v) is 17.6. The van der Waals surface area contributed by atoms with Gasteiger partial charge >= 0.3 is 5.97 Å². The normalized spacial score (nSPS) is 11.8. The molecule has 0 aliphatic rings. The molecule has 0 aromatic rings. The molecule has 0 radical (unpaired) electrons. The van der Waals surface area contributed by atoms with Crippen molar-refractivity contribution in [3.8, 4) is 0 Å². The van der Waals surface area contributed by atoms with Crippen molar-refractivity contribution in [2.75, 3.05) is 6.54 Å². The number of amides is 2. The third-order valence-electron chi connectivity index (χ3n) is 3.17. The van der Waals surface area contributed by atoms with Gasteiger partial charge in [0.05, 0.1) is 6.04 Å². The quantitative estimate of drug-likeness (QED) is 0.160. The molecule has 2 N–H and O–H groups in total. The first-order valence-corrected chi connectivity index (χ1v) is 8.42. The zero-order chi connectivity index (χ0) is 17.7. The maximum absolute atomic E-state index is 11.9. The number of nitrogens with one attached hydrogen (secondary N) is 2. The van der Waals surface area contributed by atoms with Crippen LogP contribution in [0.25, 0.3) is 0 Å². The van der Waals surface area contributed by atoms with Gasteiger partial charge in [0.25, 0.3) is 0 Å². The summed E-state index contributed by atoms with van der Waals surface area (Å²) in [7, 11) is 0. The van der Waals surface area contributed by atoms with Crippen LogP contribution in [0.15, 0.2) is 0 Å². The molecule has 0 aromatic carbocycles. The molecule has 0 saturated carbocycles. The second-order valence-corrected chi connectivity index (χ2v) is 6.64. The smallest absolute Gasteiger partial charge is 0.326 e. The van der Waals surface area contributed by atoms with Crippen LogP contribution in [-0.2, 0) is 19.1 Å². The molecule has 0 saturated heterocycles. The van der Waals surface area contributed by atoms with E-state index in [9.17, 15) is 14.4 Å². The van der Waals surface area contributed by atoms with Gasteiger partial charge in [-0.05, 0) is 46.5 Å². The van der Waals surface area contributed by atoms with E-state index in [1.807, 2.05) is 0 Å². The standard InChI is InChI=1S/C17H31N2O4.Fm/c1-5-6-7-11-15(21)18-12-9-8-10-14(19-13-20)16(22)23-17(2,3)4;/h14H,5-12H2,1-4H3,(H,18,21)(H,19,20);/q-1;. The molecule has 6 nitrogen and oxygen atoms in total. The topological polar surface area (TPSA) is 84.5 Å². The van der Waals surface area contributed by atoms with Crippen molar-refractivity contribution in [3.05, 3.63) is 0 Å². The van der Waals surface area contributed by atoms with Crippen molar-refractivity contribution >= 4 is 18.3 Å². The molecule has 0 fully saturated rings. The Morgan fingerprint density at radius 2 is 1.79 bits per heavy atom. The van der Waals surface area contributed by atoms with Gasteiger partial charge in [0.15, 0.2) is 0 Å². The van der Waals surface area contributed by atoms with E-state index in [1.165, 1.54) is 0 Å². The SMILES string of the molecule is CCCCCC(=O)NCCCCC(N[C-]=O)C(=O)OC(C)(C)C.[Fm]. The fourth-order valence-electron chi connectivity index (χ4n) is 2.02. The summed E-state index contributed by atoms with van der Waals surface area (Å²) in [6, 6.07) is -0.688. The van der Waals surface area contributed by atoms with Gasteiger partial charge in [-0.25, -0.2) is 4.79 Å². The maximum atomic E-state index is 11.9. The number of esters is 1. The Labute approximate surface area is 139 Å². The molecule has 0 spiro atoms. The van der Waals surface area contributed by atoms with E-state index in [4.69, 9.17) is 4.74 Å². The molecule has 1 atom stereocenters. The third-order valence-corrected chi connectivity index (χ3v) is 3.17. The number of hydrogen-bond donors (Lipinski definition) is 2. The van der Waals surface area contributed by atoms with E-state index in [0.717, 1.165) is 25.7 Å². The first kappa shape index (κ1) is 23.7. The Bertz CT molecular complexity index is 370. The van der Waals surface area contributed by atoms with E-state index < -0.39 is 17.6 Å². The predicted molar refractivity (Wildman–Crippen MR) is 89.5 cm³/mol. The van der Waals surface area contributed by atoms with Gasteiger partial charge in [0, 0.05) is 13.0 Å². The number of hydrogen-bond acceptors (Lipinski definition) is 4. The second kappa shape index (κ2) is 12.9. The monoisotopic (exact) mass is 584 g/mol. The van der Waals surface area contributed by atoms with E-state index in [0.29, 0.717) is 25.8 Å². The maximum Gasteiger partial charge on any atom is 0.326 e. The molecule has 0 heterocycles. The Morgan fingerprint density at radius 3 is 2.33 bits per heavy atom. The average molecular weight is 584 g/mol. The minimum atomic E-state index is -0.688. The van der Waals surface area contributed by atoms with Crippen molar-refractivity contribution in [2.24, 2.45) is 0 Å². The number of rotatable bonds is 12. The summed E-state index contributed by atoms with van der Waals surface area (Å²) in [4.78, 5) is 34.0. The second-order valence-electron chi connectivity index (χ2n) is 6.64. The molecule has 2 amide bonds. The molecular formula is C17H31FmN2O4-. The van der Waals surface area contributed by atoms with E-state index >= 15 is 0 Å². The van der Waals surface area contributed by atoms with Crippen LogP contribution in [0.5, 0.6) is 0 Å². The summed E-state index contributed by atoms with van der Waals surface area (Å²) in [5, 5.41) is 5.23. The van der Waals surface area contributed by atoms with Crippen LogP contribution in [0, 0.1) is 0 Å². The Morgan fingerprint density at radius 1 is 1.12 bits per heavy atom. The van der Waals surface area contributed by atoms with Crippen LogP contribution in [0.4, 0.5) is 0 Å². The summed E-state index contributed by atoms with van der Waals surface area (Å²) >= 11 is 0. The van der Waals surface area contributed by atoms with E-state index in [1.54, 1.807) is 27.2 Å². The van der Waals surface area contributed by atoms with Gasteiger partial charge in [0.1, 0.15) is 5.60 Å². The minimum absolute atomic E-state index is 0. The van der Waals surface area contributed by atoms with Crippen LogP contribution >= 0.6 is 0 Å². The van der Waals surface area contributed by atoms with Crippen molar-refractivity contribution < 1.29 is 19.1 Å². The van der Waals surface area contributed by atoms with Crippen molar-refractivity contribution in [1.82, 2.24) is 10.6 Å². The molecule has 0 rings (SSSR count). The number of unbranched alkanes of at least 4 members (excludes halogenated alkanes) is 3. The van der Waals surface area contributed by atoms with Crippen molar-refractivity contribution in [3.63, 3.8) is 0 Å². The van der Waals surface area contributed by atoms with Crippen LogP contribution < -0.4 is 10.6 Å². The van der Waals surface area contributed by atoms with Crippen molar-refractivity contribution in [1.29, 1.82) is 0 Å². The first-order chi connectivity index (χ1) is 10.8. The summed E-state index contributed by atoms with van der Waals surface area (Å²) < 4.78 is 5.25. The largest absolute Gasteiger partial charge is 0.520 e. The summed E-state index contributed by atoms with van der Waals surface area (Å²) in [5.74, 6) is -0.383. The summed E-state index contributed by atoms with van der Waals surface area (Å²) in [5.41, 5.74) is -0.591. The van der Waals surface area contributed by atoms with Crippen LogP contribution in [0.1, 0.15) is 72.6 Å².